The largest absolute Gasteiger partial charge is 0.497 e. The van der Waals surface area contributed by atoms with Crippen LogP contribution in [0.4, 0.5) is 5.69 Å². The zero-order chi connectivity index (χ0) is 14.4. The highest BCUT2D eigenvalue weighted by molar-refractivity contribution is 9.10. The molecular weight excluding hydrogens is 336 g/mol. The van der Waals surface area contributed by atoms with Crippen molar-refractivity contribution in [1.82, 2.24) is 5.32 Å². The Morgan fingerprint density at radius 2 is 2.20 bits per heavy atom. The van der Waals surface area contributed by atoms with Crippen molar-refractivity contribution in [3.63, 3.8) is 0 Å². The van der Waals surface area contributed by atoms with Crippen molar-refractivity contribution < 1.29 is 4.74 Å². The number of thiophene rings is 1. The lowest BCUT2D eigenvalue weighted by molar-refractivity contribution is 0.415. The molecule has 0 aliphatic heterocycles. The van der Waals surface area contributed by atoms with E-state index in [1.807, 2.05) is 12.1 Å². The number of anilines is 1. The molecule has 0 fully saturated rings. The summed E-state index contributed by atoms with van der Waals surface area (Å²) in [5.41, 5.74) is 1.17. The number of likely N-dealkylation sites (N-methyl/N-ethyl adjacent to an activating group) is 1. The van der Waals surface area contributed by atoms with E-state index in [-0.39, 0.29) is 0 Å². The van der Waals surface area contributed by atoms with E-state index in [0.717, 1.165) is 29.9 Å². The molecule has 1 heterocycles. The Hall–Kier alpha value is -1.04. The Morgan fingerprint density at radius 1 is 1.35 bits per heavy atom. The van der Waals surface area contributed by atoms with E-state index in [2.05, 4.69) is 56.8 Å². The number of benzene rings is 1. The summed E-state index contributed by atoms with van der Waals surface area (Å²) in [5.74, 6) is 0.894. The average Bonchev–Trinajstić information content (AvgIpc) is 2.89. The second-order valence-corrected chi connectivity index (χ2v) is 6.44. The minimum atomic E-state index is 0.894. The van der Waals surface area contributed by atoms with Crippen molar-refractivity contribution in [3.8, 4) is 5.75 Å². The first-order valence-corrected chi connectivity index (χ1v) is 8.15. The third-order valence-corrected chi connectivity index (χ3v) is 4.74. The maximum Gasteiger partial charge on any atom is 0.120 e. The van der Waals surface area contributed by atoms with Crippen LogP contribution in [0.25, 0.3) is 0 Å². The fraction of sp³-hybridized carbons (Fsp3) is 0.333. The lowest BCUT2D eigenvalue weighted by Crippen LogP contribution is -2.28. The van der Waals surface area contributed by atoms with E-state index in [4.69, 9.17) is 4.74 Å². The van der Waals surface area contributed by atoms with Gasteiger partial charge in [-0.3, -0.25) is 0 Å². The Kier molecular flexibility index (Phi) is 5.88. The highest BCUT2D eigenvalue weighted by atomic mass is 79.9. The molecule has 0 aliphatic carbocycles. The number of rotatable bonds is 7. The van der Waals surface area contributed by atoms with Gasteiger partial charge in [-0.05, 0) is 34.1 Å². The number of hydrogen-bond acceptors (Lipinski definition) is 4. The van der Waals surface area contributed by atoms with Crippen molar-refractivity contribution in [2.75, 3.05) is 32.1 Å². The van der Waals surface area contributed by atoms with Crippen molar-refractivity contribution in [2.45, 2.75) is 6.54 Å². The normalized spacial score (nSPS) is 10.6. The summed E-state index contributed by atoms with van der Waals surface area (Å²) in [6.45, 7) is 2.82. The first-order chi connectivity index (χ1) is 9.69. The van der Waals surface area contributed by atoms with Gasteiger partial charge in [0.15, 0.2) is 0 Å². The highest BCUT2D eigenvalue weighted by Gasteiger charge is 2.02. The number of nitrogens with one attached hydrogen (secondary N) is 1. The molecule has 0 radical (unpaired) electrons. The molecule has 2 aromatic rings. The van der Waals surface area contributed by atoms with E-state index < -0.39 is 0 Å². The monoisotopic (exact) mass is 354 g/mol. The summed E-state index contributed by atoms with van der Waals surface area (Å²) in [6.07, 6.45) is 0. The first kappa shape index (κ1) is 15.4. The number of ether oxygens (including phenoxy) is 1. The summed E-state index contributed by atoms with van der Waals surface area (Å²) < 4.78 is 6.41. The predicted octanol–water partition coefficient (Wildman–Crippen LogP) is 3.75. The predicted molar refractivity (Wildman–Crippen MR) is 90.0 cm³/mol. The molecule has 5 heteroatoms. The SMILES string of the molecule is COc1cccc(N(C)CCNCc2cc(Br)cs2)c1. The van der Waals surface area contributed by atoms with Crippen molar-refractivity contribution >= 4 is 33.0 Å². The zero-order valence-corrected chi connectivity index (χ0v) is 14.1. The molecule has 1 aromatic heterocycles. The lowest BCUT2D eigenvalue weighted by Gasteiger charge is -2.20. The van der Waals surface area contributed by atoms with Crippen molar-refractivity contribution in [2.24, 2.45) is 0 Å². The standard InChI is InChI=1S/C15H19BrN2OS/c1-18(13-4-3-5-14(9-13)19-2)7-6-17-10-15-8-12(16)11-20-15/h3-5,8-9,11,17H,6-7,10H2,1-2H3. The fourth-order valence-electron chi connectivity index (χ4n) is 1.88. The van der Waals surface area contributed by atoms with Gasteiger partial charge in [0.2, 0.25) is 0 Å². The molecule has 0 bridgehead atoms. The van der Waals surface area contributed by atoms with E-state index >= 15 is 0 Å². The zero-order valence-electron chi connectivity index (χ0n) is 11.7. The maximum absolute atomic E-state index is 5.25. The third kappa shape index (κ3) is 4.51. The summed E-state index contributed by atoms with van der Waals surface area (Å²) in [6, 6.07) is 10.3. The summed E-state index contributed by atoms with van der Waals surface area (Å²) >= 11 is 5.24. The Morgan fingerprint density at radius 3 is 2.90 bits per heavy atom. The number of nitrogens with zero attached hydrogens (tertiary/aromatic N) is 1. The molecule has 3 nitrogen and oxygen atoms in total. The highest BCUT2D eigenvalue weighted by Crippen LogP contribution is 2.20. The van der Waals surface area contributed by atoms with Gasteiger partial charge in [-0.2, -0.15) is 0 Å². The molecule has 20 heavy (non-hydrogen) atoms. The van der Waals surface area contributed by atoms with Crippen LogP contribution in [-0.4, -0.2) is 27.2 Å². The van der Waals surface area contributed by atoms with Crippen LogP contribution in [0.5, 0.6) is 5.75 Å². The van der Waals surface area contributed by atoms with Crippen LogP contribution >= 0.6 is 27.3 Å². The van der Waals surface area contributed by atoms with Gasteiger partial charge in [-0.1, -0.05) is 6.07 Å². The molecule has 0 saturated carbocycles. The van der Waals surface area contributed by atoms with Gasteiger partial charge in [0.25, 0.3) is 0 Å². The van der Waals surface area contributed by atoms with Crippen LogP contribution in [0.2, 0.25) is 0 Å². The molecule has 1 N–H and O–H groups in total. The summed E-state index contributed by atoms with van der Waals surface area (Å²) in [7, 11) is 3.79. The van der Waals surface area contributed by atoms with Gasteiger partial charge in [0.1, 0.15) is 5.75 Å². The summed E-state index contributed by atoms with van der Waals surface area (Å²) in [4.78, 5) is 3.57. The van der Waals surface area contributed by atoms with Crippen molar-refractivity contribution in [3.05, 3.63) is 45.1 Å². The quantitative estimate of drug-likeness (QED) is 0.766. The van der Waals surface area contributed by atoms with Gasteiger partial charge < -0.3 is 15.0 Å². The van der Waals surface area contributed by atoms with Crippen LogP contribution in [0, 0.1) is 0 Å². The second kappa shape index (κ2) is 7.67. The molecule has 0 spiro atoms. The Bertz CT molecular complexity index is 544. The molecule has 108 valence electrons. The molecule has 0 saturated heterocycles. The van der Waals surface area contributed by atoms with E-state index in [9.17, 15) is 0 Å². The van der Waals surface area contributed by atoms with Gasteiger partial charge in [-0.25, -0.2) is 0 Å². The van der Waals surface area contributed by atoms with Gasteiger partial charge in [0, 0.05) is 53.2 Å². The molecule has 0 aliphatic rings. The smallest absolute Gasteiger partial charge is 0.120 e. The fourth-order valence-corrected chi connectivity index (χ4v) is 3.30. The van der Waals surface area contributed by atoms with Gasteiger partial charge >= 0.3 is 0 Å². The molecule has 2 rings (SSSR count). The molecule has 0 unspecified atom stereocenters. The second-order valence-electron chi connectivity index (χ2n) is 4.53. The van der Waals surface area contributed by atoms with Gasteiger partial charge in [-0.15, -0.1) is 11.3 Å². The first-order valence-electron chi connectivity index (χ1n) is 6.48. The van der Waals surface area contributed by atoms with E-state index in [1.54, 1.807) is 18.4 Å². The van der Waals surface area contributed by atoms with Crippen LogP contribution in [-0.2, 0) is 6.54 Å². The minimum absolute atomic E-state index is 0.894. The van der Waals surface area contributed by atoms with Crippen LogP contribution in [0.3, 0.4) is 0 Å². The molecule has 0 amide bonds. The lowest BCUT2D eigenvalue weighted by atomic mass is 10.3. The topological polar surface area (TPSA) is 24.5 Å². The van der Waals surface area contributed by atoms with Crippen LogP contribution < -0.4 is 15.0 Å². The third-order valence-electron chi connectivity index (χ3n) is 3.04. The van der Waals surface area contributed by atoms with Crippen molar-refractivity contribution in [1.29, 1.82) is 0 Å². The van der Waals surface area contributed by atoms with E-state index in [0.29, 0.717) is 0 Å². The van der Waals surface area contributed by atoms with Crippen LogP contribution in [0.1, 0.15) is 4.88 Å². The Labute approximate surface area is 132 Å². The molecule has 1 aromatic carbocycles. The Balaban J connectivity index is 1.75. The number of hydrogen-bond donors (Lipinski definition) is 1. The molecule has 0 atom stereocenters. The average molecular weight is 355 g/mol. The number of methoxy groups -OCH3 is 1. The van der Waals surface area contributed by atoms with E-state index in [1.165, 1.54) is 10.6 Å². The molecular formula is C15H19BrN2OS. The maximum atomic E-state index is 5.25. The summed E-state index contributed by atoms with van der Waals surface area (Å²) in [5, 5.41) is 5.57. The van der Waals surface area contributed by atoms with Gasteiger partial charge in [0.05, 0.1) is 7.11 Å². The van der Waals surface area contributed by atoms with Crippen LogP contribution in [0.15, 0.2) is 40.2 Å². The number of halogens is 1. The minimum Gasteiger partial charge on any atom is -0.497 e.